The van der Waals surface area contributed by atoms with Gasteiger partial charge in [0.2, 0.25) is 5.89 Å². The number of aromatic nitrogens is 2. The summed E-state index contributed by atoms with van der Waals surface area (Å²) in [6.45, 7) is 6.15. The van der Waals surface area contributed by atoms with E-state index in [4.69, 9.17) is 4.52 Å². The van der Waals surface area contributed by atoms with Crippen molar-refractivity contribution in [1.82, 2.24) is 10.1 Å². The Morgan fingerprint density at radius 1 is 1.35 bits per heavy atom. The average Bonchev–Trinajstić information content (AvgIpc) is 2.69. The Morgan fingerprint density at radius 3 is 2.71 bits per heavy atom. The molecule has 1 unspecified atom stereocenters. The van der Waals surface area contributed by atoms with Crippen LogP contribution in [0.3, 0.4) is 0 Å². The molecule has 94 valence electrons. The van der Waals surface area contributed by atoms with Gasteiger partial charge in [-0.25, -0.2) is 0 Å². The third-order valence-corrected chi connectivity index (χ3v) is 3.24. The maximum Gasteiger partial charge on any atom is 0.227 e. The summed E-state index contributed by atoms with van der Waals surface area (Å²) in [6, 6.07) is 0. The molecule has 1 heterocycles. The van der Waals surface area contributed by atoms with Crippen LogP contribution in [0.5, 0.6) is 0 Å². The van der Waals surface area contributed by atoms with Gasteiger partial charge in [-0.2, -0.15) is 4.98 Å². The summed E-state index contributed by atoms with van der Waals surface area (Å²) in [4.78, 5) is 16.1. The van der Waals surface area contributed by atoms with Crippen LogP contribution in [0, 0.1) is 5.92 Å². The number of hydrogen-bond acceptors (Lipinski definition) is 4. The average molecular weight is 236 g/mol. The van der Waals surface area contributed by atoms with Crippen LogP contribution in [0.25, 0.3) is 0 Å². The van der Waals surface area contributed by atoms with E-state index in [2.05, 4.69) is 10.1 Å². The van der Waals surface area contributed by atoms with Crippen molar-refractivity contribution in [3.63, 3.8) is 0 Å². The van der Waals surface area contributed by atoms with Crippen molar-refractivity contribution in [2.45, 2.75) is 58.3 Å². The number of nitrogens with zero attached hydrogens (tertiary/aromatic N) is 2. The molecule has 4 nitrogen and oxygen atoms in total. The quantitative estimate of drug-likeness (QED) is 0.792. The molecular formula is C13H20N2O2. The van der Waals surface area contributed by atoms with Crippen LogP contribution in [0.2, 0.25) is 0 Å². The lowest BCUT2D eigenvalue weighted by atomic mass is 9.86. The minimum absolute atomic E-state index is 0.0945. The van der Waals surface area contributed by atoms with E-state index in [1.54, 1.807) is 0 Å². The fraction of sp³-hybridized carbons (Fsp3) is 0.769. The van der Waals surface area contributed by atoms with E-state index in [1.165, 1.54) is 0 Å². The van der Waals surface area contributed by atoms with Gasteiger partial charge >= 0.3 is 0 Å². The van der Waals surface area contributed by atoms with Crippen LogP contribution >= 0.6 is 0 Å². The van der Waals surface area contributed by atoms with Crippen molar-refractivity contribution in [2.24, 2.45) is 5.92 Å². The number of hydrogen-bond donors (Lipinski definition) is 0. The number of Topliss-reactive ketones (excluding diaryl/α,β-unsaturated/α-hetero) is 1. The molecule has 1 aromatic heterocycles. The Hall–Kier alpha value is -1.19. The van der Waals surface area contributed by atoms with Crippen LogP contribution in [0.15, 0.2) is 4.52 Å². The Balaban J connectivity index is 2.03. The van der Waals surface area contributed by atoms with Gasteiger partial charge in [-0.05, 0) is 12.8 Å². The molecule has 1 atom stereocenters. The molecule has 1 fully saturated rings. The SMILES string of the molecule is CC(C)(C)c1noc(CC2CCCCC2=O)n1. The zero-order valence-corrected chi connectivity index (χ0v) is 10.8. The summed E-state index contributed by atoms with van der Waals surface area (Å²) < 4.78 is 5.23. The molecule has 1 aromatic rings. The molecule has 0 aliphatic heterocycles. The standard InChI is InChI=1S/C13H20N2O2/c1-13(2,3)12-14-11(17-15-12)8-9-6-4-5-7-10(9)16/h9H,4-8H2,1-3H3. The number of ketones is 1. The van der Waals surface area contributed by atoms with Gasteiger partial charge in [0.15, 0.2) is 5.82 Å². The minimum Gasteiger partial charge on any atom is -0.339 e. The first-order valence-electron chi connectivity index (χ1n) is 6.32. The van der Waals surface area contributed by atoms with Crippen LogP contribution < -0.4 is 0 Å². The molecular weight excluding hydrogens is 216 g/mol. The number of carbonyl (C=O) groups excluding carboxylic acids is 1. The maximum atomic E-state index is 11.7. The fourth-order valence-electron chi connectivity index (χ4n) is 2.12. The monoisotopic (exact) mass is 236 g/mol. The van der Waals surface area contributed by atoms with Crippen molar-refractivity contribution in [2.75, 3.05) is 0 Å². The summed E-state index contributed by atoms with van der Waals surface area (Å²) in [5.41, 5.74) is -0.0989. The molecule has 0 aromatic carbocycles. The lowest BCUT2D eigenvalue weighted by molar-refractivity contribution is -0.124. The molecule has 0 bridgehead atoms. The van der Waals surface area contributed by atoms with E-state index in [0.717, 1.165) is 25.1 Å². The van der Waals surface area contributed by atoms with Gasteiger partial charge in [-0.1, -0.05) is 32.3 Å². The molecule has 17 heavy (non-hydrogen) atoms. The second-order valence-corrected chi connectivity index (χ2v) is 5.87. The Kier molecular flexibility index (Phi) is 3.31. The van der Waals surface area contributed by atoms with Crippen molar-refractivity contribution < 1.29 is 9.32 Å². The third-order valence-electron chi connectivity index (χ3n) is 3.24. The molecule has 0 spiro atoms. The Morgan fingerprint density at radius 2 is 2.12 bits per heavy atom. The Labute approximate surface area is 102 Å². The van der Waals surface area contributed by atoms with Crippen LogP contribution in [-0.4, -0.2) is 15.9 Å². The predicted molar refractivity (Wildman–Crippen MR) is 63.7 cm³/mol. The van der Waals surface area contributed by atoms with E-state index >= 15 is 0 Å². The Bertz CT molecular complexity index is 404. The highest BCUT2D eigenvalue weighted by atomic mass is 16.5. The molecule has 0 N–H and O–H groups in total. The fourth-order valence-corrected chi connectivity index (χ4v) is 2.12. The highest BCUT2D eigenvalue weighted by Gasteiger charge is 2.26. The van der Waals surface area contributed by atoms with E-state index < -0.39 is 0 Å². The molecule has 1 saturated carbocycles. The van der Waals surface area contributed by atoms with Gasteiger partial charge in [0.1, 0.15) is 5.78 Å². The summed E-state index contributed by atoms with van der Waals surface area (Å²) in [5.74, 6) is 1.77. The lowest BCUT2D eigenvalue weighted by Gasteiger charge is -2.18. The van der Waals surface area contributed by atoms with E-state index in [9.17, 15) is 4.79 Å². The molecule has 0 amide bonds. The second-order valence-electron chi connectivity index (χ2n) is 5.87. The van der Waals surface area contributed by atoms with Crippen LogP contribution in [0.4, 0.5) is 0 Å². The zero-order valence-electron chi connectivity index (χ0n) is 10.8. The molecule has 4 heteroatoms. The van der Waals surface area contributed by atoms with Gasteiger partial charge in [0.05, 0.1) is 0 Å². The highest BCUT2D eigenvalue weighted by molar-refractivity contribution is 5.81. The lowest BCUT2D eigenvalue weighted by Crippen LogP contribution is -2.21. The zero-order chi connectivity index (χ0) is 12.5. The molecule has 2 rings (SSSR count). The topological polar surface area (TPSA) is 56.0 Å². The van der Waals surface area contributed by atoms with Gasteiger partial charge in [-0.15, -0.1) is 0 Å². The van der Waals surface area contributed by atoms with Gasteiger partial charge < -0.3 is 4.52 Å². The first-order valence-corrected chi connectivity index (χ1v) is 6.32. The van der Waals surface area contributed by atoms with E-state index in [1.807, 2.05) is 20.8 Å². The van der Waals surface area contributed by atoms with Crippen LogP contribution in [-0.2, 0) is 16.6 Å². The molecule has 1 aliphatic rings. The largest absolute Gasteiger partial charge is 0.339 e. The van der Waals surface area contributed by atoms with Gasteiger partial charge in [0.25, 0.3) is 0 Å². The van der Waals surface area contributed by atoms with Crippen LogP contribution in [0.1, 0.15) is 58.2 Å². The van der Waals surface area contributed by atoms with Crippen molar-refractivity contribution in [3.05, 3.63) is 11.7 Å². The van der Waals surface area contributed by atoms with E-state index in [0.29, 0.717) is 24.5 Å². The van der Waals surface area contributed by atoms with Gasteiger partial charge in [-0.3, -0.25) is 4.79 Å². The molecule has 1 aliphatic carbocycles. The minimum atomic E-state index is -0.0989. The second kappa shape index (κ2) is 4.59. The van der Waals surface area contributed by atoms with Crippen molar-refractivity contribution in [3.8, 4) is 0 Å². The summed E-state index contributed by atoms with van der Waals surface area (Å²) in [5, 5.41) is 3.98. The number of carbonyl (C=O) groups is 1. The van der Waals surface area contributed by atoms with Crippen molar-refractivity contribution in [1.29, 1.82) is 0 Å². The molecule has 0 saturated heterocycles. The smallest absolute Gasteiger partial charge is 0.227 e. The third kappa shape index (κ3) is 2.93. The van der Waals surface area contributed by atoms with Crippen molar-refractivity contribution >= 4 is 5.78 Å². The normalized spacial score (nSPS) is 21.8. The summed E-state index contributed by atoms with van der Waals surface area (Å²) >= 11 is 0. The summed E-state index contributed by atoms with van der Waals surface area (Å²) in [7, 11) is 0. The molecule has 0 radical (unpaired) electrons. The van der Waals surface area contributed by atoms with Gasteiger partial charge in [0, 0.05) is 24.2 Å². The first kappa shape index (κ1) is 12.3. The number of rotatable bonds is 2. The highest BCUT2D eigenvalue weighted by Crippen LogP contribution is 2.25. The predicted octanol–water partition coefficient (Wildman–Crippen LogP) is 2.67. The van der Waals surface area contributed by atoms with E-state index in [-0.39, 0.29) is 11.3 Å². The summed E-state index contributed by atoms with van der Waals surface area (Å²) in [6.07, 6.45) is 4.46. The maximum absolute atomic E-state index is 11.7. The first-order chi connectivity index (χ1) is 7.97.